The molecule has 1 aromatic rings. The van der Waals surface area contributed by atoms with Crippen LogP contribution in [0.2, 0.25) is 0 Å². The Morgan fingerprint density at radius 2 is 2.00 bits per heavy atom. The number of rotatable bonds is 5. The van der Waals surface area contributed by atoms with Crippen molar-refractivity contribution in [3.63, 3.8) is 0 Å². The summed E-state index contributed by atoms with van der Waals surface area (Å²) in [4.78, 5) is 68.5. The number of nitrogens with one attached hydrogen (secondary N) is 2. The molecule has 0 aromatic heterocycles. The topological polar surface area (TPSA) is 155 Å². The fraction of sp³-hybridized carbons (Fsp3) is 0.581. The molecule has 12 nitrogen and oxygen atoms in total. The number of carboxylic acids is 1. The number of carboxylic acid groups (broad SMARTS) is 1. The SMILES string of the molecule is C=C[C@@H]1C[C@]1(NC(=O)[C@@H]1C[C@@H]2CN1C(=O)[C@H](C(C)C)NC(=O)OCCCCC(=O)N1CCc3cccc(c3C1)O2)C(=O)O. The molecule has 4 amide bonds. The van der Waals surface area contributed by atoms with E-state index in [2.05, 4.69) is 17.2 Å². The van der Waals surface area contributed by atoms with Gasteiger partial charge in [-0.05, 0) is 43.2 Å². The Bertz CT molecular complexity index is 1310. The largest absolute Gasteiger partial charge is 0.488 e. The van der Waals surface area contributed by atoms with Gasteiger partial charge in [-0.25, -0.2) is 9.59 Å². The molecule has 2 fully saturated rings. The molecule has 0 unspecified atom stereocenters. The highest BCUT2D eigenvalue weighted by molar-refractivity contribution is 5.96. The normalized spacial score (nSPS) is 29.5. The molecule has 3 aliphatic heterocycles. The lowest BCUT2D eigenvalue weighted by molar-refractivity contribution is -0.146. The minimum absolute atomic E-state index is 0.0190. The van der Waals surface area contributed by atoms with Crippen LogP contribution in [0.3, 0.4) is 0 Å². The van der Waals surface area contributed by atoms with E-state index < -0.39 is 53.5 Å². The molecule has 4 bridgehead atoms. The van der Waals surface area contributed by atoms with Gasteiger partial charge >= 0.3 is 12.1 Å². The number of cyclic esters (lactones) is 1. The van der Waals surface area contributed by atoms with Crippen LogP contribution in [0, 0.1) is 11.8 Å². The molecule has 4 aliphatic rings. The van der Waals surface area contributed by atoms with Crippen LogP contribution in [0.15, 0.2) is 30.9 Å². The maximum absolute atomic E-state index is 14.0. The van der Waals surface area contributed by atoms with Crippen molar-refractivity contribution in [2.45, 2.75) is 82.6 Å². The molecule has 1 aliphatic carbocycles. The number of nitrogens with zero attached hydrogens (tertiary/aromatic N) is 2. The molecule has 0 radical (unpaired) electrons. The third-order valence-corrected chi connectivity index (χ3v) is 8.98. The molecule has 12 heteroatoms. The van der Waals surface area contributed by atoms with Crippen LogP contribution >= 0.6 is 0 Å². The van der Waals surface area contributed by atoms with E-state index in [1.807, 2.05) is 18.2 Å². The van der Waals surface area contributed by atoms with E-state index in [1.165, 1.54) is 11.0 Å². The van der Waals surface area contributed by atoms with E-state index in [-0.39, 0.29) is 37.8 Å². The summed E-state index contributed by atoms with van der Waals surface area (Å²) in [5.41, 5.74) is 0.522. The van der Waals surface area contributed by atoms with E-state index in [9.17, 15) is 29.1 Å². The zero-order chi connectivity index (χ0) is 30.9. The van der Waals surface area contributed by atoms with Crippen molar-refractivity contribution in [3.8, 4) is 5.75 Å². The highest BCUT2D eigenvalue weighted by Crippen LogP contribution is 2.45. The van der Waals surface area contributed by atoms with Crippen LogP contribution in [0.4, 0.5) is 4.79 Å². The average Bonchev–Trinajstić information content (AvgIpc) is 3.54. The molecule has 232 valence electrons. The van der Waals surface area contributed by atoms with E-state index >= 15 is 0 Å². The quantitative estimate of drug-likeness (QED) is 0.436. The molecule has 5 atom stereocenters. The number of amides is 4. The highest BCUT2D eigenvalue weighted by Gasteiger charge is 2.61. The number of alkyl carbamates (subject to hydrolysis) is 1. The lowest BCUT2D eigenvalue weighted by Gasteiger charge is -2.31. The van der Waals surface area contributed by atoms with Gasteiger partial charge in [-0.2, -0.15) is 0 Å². The second kappa shape index (κ2) is 12.3. The second-order valence-corrected chi connectivity index (χ2v) is 12.2. The Labute approximate surface area is 250 Å². The van der Waals surface area contributed by atoms with Gasteiger partial charge in [-0.3, -0.25) is 14.4 Å². The summed E-state index contributed by atoms with van der Waals surface area (Å²) in [5.74, 6) is -2.39. The van der Waals surface area contributed by atoms with E-state index in [0.29, 0.717) is 44.5 Å². The van der Waals surface area contributed by atoms with Gasteiger partial charge in [0, 0.05) is 37.4 Å². The molecule has 0 spiro atoms. The molecular formula is C31H40N4O8. The first-order chi connectivity index (χ1) is 20.5. The van der Waals surface area contributed by atoms with Crippen LogP contribution < -0.4 is 15.4 Å². The lowest BCUT2D eigenvalue weighted by Crippen LogP contribution is -2.57. The number of hydrogen-bond donors (Lipinski definition) is 3. The van der Waals surface area contributed by atoms with Crippen molar-refractivity contribution < 1.29 is 38.6 Å². The van der Waals surface area contributed by atoms with Crippen molar-refractivity contribution >= 4 is 29.8 Å². The zero-order valence-electron chi connectivity index (χ0n) is 24.7. The van der Waals surface area contributed by atoms with Crippen LogP contribution in [0.5, 0.6) is 5.75 Å². The monoisotopic (exact) mass is 596 g/mol. The predicted molar refractivity (Wildman–Crippen MR) is 154 cm³/mol. The fourth-order valence-corrected chi connectivity index (χ4v) is 6.31. The summed E-state index contributed by atoms with van der Waals surface area (Å²) in [7, 11) is 0. The summed E-state index contributed by atoms with van der Waals surface area (Å²) in [5, 5.41) is 15.2. The molecule has 1 saturated carbocycles. The Hall–Kier alpha value is -4.09. The van der Waals surface area contributed by atoms with E-state index in [0.717, 1.165) is 11.1 Å². The van der Waals surface area contributed by atoms with E-state index in [1.54, 1.807) is 18.7 Å². The first kappa shape index (κ1) is 30.4. The molecule has 1 aromatic carbocycles. The van der Waals surface area contributed by atoms with Gasteiger partial charge in [0.15, 0.2) is 0 Å². The maximum Gasteiger partial charge on any atom is 0.407 e. The third-order valence-electron chi connectivity index (χ3n) is 8.98. The van der Waals surface area contributed by atoms with Crippen LogP contribution in [0.1, 0.15) is 57.1 Å². The van der Waals surface area contributed by atoms with E-state index in [4.69, 9.17) is 9.47 Å². The molecule has 5 rings (SSSR count). The minimum atomic E-state index is -1.47. The van der Waals surface area contributed by atoms with Crippen molar-refractivity contribution in [1.82, 2.24) is 20.4 Å². The summed E-state index contributed by atoms with van der Waals surface area (Å²) >= 11 is 0. The number of fused-ring (bicyclic) bond motifs is 3. The second-order valence-electron chi connectivity index (χ2n) is 12.2. The number of benzene rings is 1. The number of ether oxygens (including phenoxy) is 2. The molecule has 3 N–H and O–H groups in total. The smallest absolute Gasteiger partial charge is 0.407 e. The van der Waals surface area contributed by atoms with Gasteiger partial charge in [0.2, 0.25) is 17.7 Å². The van der Waals surface area contributed by atoms with Crippen molar-refractivity contribution in [2.24, 2.45) is 11.8 Å². The van der Waals surface area contributed by atoms with Crippen LogP contribution in [-0.2, 0) is 36.9 Å². The van der Waals surface area contributed by atoms with Crippen LogP contribution in [-0.4, -0.2) is 88.1 Å². The first-order valence-electron chi connectivity index (χ1n) is 15.0. The summed E-state index contributed by atoms with van der Waals surface area (Å²) in [6.07, 6.45) is 2.54. The Morgan fingerprint density at radius 3 is 2.70 bits per heavy atom. The number of carbonyl (C=O) groups excluding carboxylic acids is 4. The van der Waals surface area contributed by atoms with Crippen molar-refractivity contribution in [2.75, 3.05) is 19.7 Å². The first-order valence-corrected chi connectivity index (χ1v) is 15.0. The standard InChI is InChI=1S/C31H40N4O8/c1-4-20-15-31(20,29(39)40)33-27(37)23-14-21-16-35(23)28(38)26(18(2)3)32-30(41)42-13-6-5-10-25(36)34-12-11-19-8-7-9-24(43-21)22(19)17-34/h4,7-9,18,20-21,23,26H,1,5-6,10-17H2,2-3H3,(H,32,41)(H,33,37)(H,39,40)/t20-,21-,23+,26+,31-/m1/s1. The van der Waals surface area contributed by atoms with Gasteiger partial charge in [0.1, 0.15) is 29.5 Å². The van der Waals surface area contributed by atoms with Gasteiger partial charge in [0.25, 0.3) is 0 Å². The molecule has 43 heavy (non-hydrogen) atoms. The summed E-state index contributed by atoms with van der Waals surface area (Å²) in [6.45, 7) is 8.36. The summed E-state index contributed by atoms with van der Waals surface area (Å²) in [6, 6.07) is 3.72. The predicted octanol–water partition coefficient (Wildman–Crippen LogP) is 2.00. The Kier molecular flexibility index (Phi) is 8.66. The Balaban J connectivity index is 1.46. The Morgan fingerprint density at radius 1 is 1.21 bits per heavy atom. The lowest BCUT2D eigenvalue weighted by atomic mass is 9.98. The van der Waals surface area contributed by atoms with Gasteiger partial charge in [-0.1, -0.05) is 32.1 Å². The third kappa shape index (κ3) is 6.18. The summed E-state index contributed by atoms with van der Waals surface area (Å²) < 4.78 is 11.8. The van der Waals surface area contributed by atoms with Crippen LogP contribution in [0.25, 0.3) is 0 Å². The highest BCUT2D eigenvalue weighted by atomic mass is 16.5. The van der Waals surface area contributed by atoms with Gasteiger partial charge in [0.05, 0.1) is 13.2 Å². The van der Waals surface area contributed by atoms with Gasteiger partial charge in [-0.15, -0.1) is 6.58 Å². The fourth-order valence-electron chi connectivity index (χ4n) is 6.31. The maximum atomic E-state index is 14.0. The average molecular weight is 597 g/mol. The van der Waals surface area contributed by atoms with Gasteiger partial charge < -0.3 is 35.0 Å². The molecule has 3 heterocycles. The molecular weight excluding hydrogens is 556 g/mol. The van der Waals surface area contributed by atoms with Crippen molar-refractivity contribution in [1.29, 1.82) is 0 Å². The minimum Gasteiger partial charge on any atom is -0.488 e. The number of hydrogen-bond acceptors (Lipinski definition) is 7. The number of aliphatic carboxylic acids is 1. The number of carbonyl (C=O) groups is 5. The molecule has 1 saturated heterocycles. The zero-order valence-corrected chi connectivity index (χ0v) is 24.7. The van der Waals surface area contributed by atoms with Crippen molar-refractivity contribution in [3.05, 3.63) is 42.0 Å².